The summed E-state index contributed by atoms with van der Waals surface area (Å²) in [7, 11) is 0. The van der Waals surface area contributed by atoms with E-state index in [1.54, 1.807) is 18.4 Å². The van der Waals surface area contributed by atoms with Gasteiger partial charge in [-0.05, 0) is 47.1 Å². The smallest absolute Gasteiger partial charge is 0.230 e. The minimum absolute atomic E-state index is 0.0932. The topological polar surface area (TPSA) is 86.1 Å². The number of thioether (sulfide) groups is 1. The Labute approximate surface area is 150 Å². The zero-order chi connectivity index (χ0) is 16.9. The quantitative estimate of drug-likeness (QED) is 0.601. The molecule has 126 valence electrons. The predicted molar refractivity (Wildman–Crippen MR) is 92.4 cm³/mol. The van der Waals surface area contributed by atoms with Crippen molar-refractivity contribution in [1.82, 2.24) is 20.1 Å². The molecule has 0 saturated carbocycles. The molecule has 0 aliphatic rings. The molecule has 0 fully saturated rings. The first-order valence-corrected chi connectivity index (χ1v) is 9.06. The Morgan fingerprint density at radius 3 is 2.92 bits per heavy atom. The van der Waals surface area contributed by atoms with Gasteiger partial charge in [-0.3, -0.25) is 9.36 Å². The van der Waals surface area contributed by atoms with Gasteiger partial charge in [0.25, 0.3) is 0 Å². The molecule has 0 saturated heterocycles. The van der Waals surface area contributed by atoms with Gasteiger partial charge in [0.15, 0.2) is 15.6 Å². The lowest BCUT2D eigenvalue weighted by atomic mass is 10.4. The summed E-state index contributed by atoms with van der Waals surface area (Å²) in [6.45, 7) is 3.04. The molecular formula is C15H15BrN4O3S. The standard InChI is InChI=1S/C15H15BrN4O3S/c1-2-20-14(11-5-6-12(16)23-11)18-19-15(20)24-9-13(21)17-8-10-4-3-7-22-10/h3-7H,2,8-9H2,1H3,(H,17,21). The molecule has 3 rings (SSSR count). The van der Waals surface area contributed by atoms with E-state index in [4.69, 9.17) is 8.83 Å². The van der Waals surface area contributed by atoms with Crippen LogP contribution in [0.25, 0.3) is 11.6 Å². The van der Waals surface area contributed by atoms with Crippen LogP contribution in [0.4, 0.5) is 0 Å². The normalized spacial score (nSPS) is 10.9. The molecule has 3 aromatic rings. The third kappa shape index (κ3) is 3.90. The highest BCUT2D eigenvalue weighted by molar-refractivity contribution is 9.10. The Balaban J connectivity index is 1.61. The predicted octanol–water partition coefficient (Wildman–Crippen LogP) is 3.32. The van der Waals surface area contributed by atoms with Crippen molar-refractivity contribution in [3.8, 4) is 11.6 Å². The Bertz CT molecular complexity index is 813. The van der Waals surface area contributed by atoms with Gasteiger partial charge in [0.2, 0.25) is 11.7 Å². The monoisotopic (exact) mass is 410 g/mol. The lowest BCUT2D eigenvalue weighted by molar-refractivity contribution is -0.118. The highest BCUT2D eigenvalue weighted by Crippen LogP contribution is 2.27. The molecule has 3 heterocycles. The fourth-order valence-corrected chi connectivity index (χ4v) is 3.22. The van der Waals surface area contributed by atoms with Crippen molar-refractivity contribution in [2.75, 3.05) is 5.75 Å². The summed E-state index contributed by atoms with van der Waals surface area (Å²) in [5, 5.41) is 11.8. The average molecular weight is 411 g/mol. The summed E-state index contributed by atoms with van der Waals surface area (Å²) in [4.78, 5) is 11.9. The summed E-state index contributed by atoms with van der Waals surface area (Å²) in [5.41, 5.74) is 0. The van der Waals surface area contributed by atoms with Crippen molar-refractivity contribution in [3.63, 3.8) is 0 Å². The van der Waals surface area contributed by atoms with E-state index in [0.717, 1.165) is 5.76 Å². The minimum Gasteiger partial charge on any atom is -0.467 e. The van der Waals surface area contributed by atoms with Gasteiger partial charge in [0, 0.05) is 6.54 Å². The minimum atomic E-state index is -0.0932. The molecule has 0 spiro atoms. The molecule has 1 amide bonds. The molecule has 24 heavy (non-hydrogen) atoms. The summed E-state index contributed by atoms with van der Waals surface area (Å²) < 4.78 is 13.2. The molecule has 0 atom stereocenters. The zero-order valence-corrected chi connectivity index (χ0v) is 15.3. The van der Waals surface area contributed by atoms with Gasteiger partial charge in [0.05, 0.1) is 18.6 Å². The van der Waals surface area contributed by atoms with Crippen molar-refractivity contribution >= 4 is 33.6 Å². The van der Waals surface area contributed by atoms with Crippen LogP contribution in [0.15, 0.2) is 49.2 Å². The van der Waals surface area contributed by atoms with E-state index >= 15 is 0 Å². The third-order valence-corrected chi connectivity index (χ3v) is 4.59. The molecule has 0 aliphatic carbocycles. The van der Waals surface area contributed by atoms with Crippen molar-refractivity contribution in [1.29, 1.82) is 0 Å². The van der Waals surface area contributed by atoms with Crippen LogP contribution in [-0.4, -0.2) is 26.4 Å². The SMILES string of the molecule is CCn1c(SCC(=O)NCc2ccco2)nnc1-c1ccc(Br)o1. The number of halogens is 1. The lowest BCUT2D eigenvalue weighted by Crippen LogP contribution is -2.24. The van der Waals surface area contributed by atoms with Crippen molar-refractivity contribution in [2.24, 2.45) is 0 Å². The number of carbonyl (C=O) groups excluding carboxylic acids is 1. The second kappa shape index (κ2) is 7.71. The number of hydrogen-bond acceptors (Lipinski definition) is 6. The van der Waals surface area contributed by atoms with Gasteiger partial charge in [-0.25, -0.2) is 0 Å². The van der Waals surface area contributed by atoms with Gasteiger partial charge in [-0.15, -0.1) is 10.2 Å². The van der Waals surface area contributed by atoms with Gasteiger partial charge >= 0.3 is 0 Å². The Morgan fingerprint density at radius 2 is 2.25 bits per heavy atom. The molecule has 3 aromatic heterocycles. The molecule has 9 heteroatoms. The number of aromatic nitrogens is 3. The van der Waals surface area contributed by atoms with E-state index in [-0.39, 0.29) is 11.7 Å². The molecule has 0 radical (unpaired) electrons. The van der Waals surface area contributed by atoms with E-state index in [2.05, 4.69) is 31.4 Å². The Kier molecular flexibility index (Phi) is 5.41. The van der Waals surface area contributed by atoms with E-state index in [1.165, 1.54) is 11.8 Å². The van der Waals surface area contributed by atoms with E-state index in [9.17, 15) is 4.79 Å². The molecular weight excluding hydrogens is 396 g/mol. The number of rotatable bonds is 7. The first-order valence-electron chi connectivity index (χ1n) is 7.28. The first-order chi connectivity index (χ1) is 11.7. The van der Waals surface area contributed by atoms with Crippen LogP contribution in [0.3, 0.4) is 0 Å². The third-order valence-electron chi connectivity index (χ3n) is 3.20. The van der Waals surface area contributed by atoms with E-state index in [0.29, 0.717) is 34.5 Å². The zero-order valence-electron chi connectivity index (χ0n) is 12.9. The highest BCUT2D eigenvalue weighted by atomic mass is 79.9. The van der Waals surface area contributed by atoms with Crippen LogP contribution in [0.1, 0.15) is 12.7 Å². The maximum absolute atomic E-state index is 11.9. The number of amides is 1. The van der Waals surface area contributed by atoms with Gasteiger partial charge < -0.3 is 14.2 Å². The van der Waals surface area contributed by atoms with Crippen LogP contribution >= 0.6 is 27.7 Å². The number of nitrogens with one attached hydrogen (secondary N) is 1. The summed E-state index contributed by atoms with van der Waals surface area (Å²) in [5.74, 6) is 2.15. The molecule has 1 N–H and O–H groups in total. The highest BCUT2D eigenvalue weighted by Gasteiger charge is 2.17. The average Bonchev–Trinajstić information content (AvgIpc) is 3.30. The first kappa shape index (κ1) is 16.8. The molecule has 0 bridgehead atoms. The summed E-state index contributed by atoms with van der Waals surface area (Å²) in [6.07, 6.45) is 1.58. The van der Waals surface area contributed by atoms with Crippen molar-refractivity contribution in [2.45, 2.75) is 25.2 Å². The van der Waals surface area contributed by atoms with Crippen LogP contribution in [-0.2, 0) is 17.9 Å². The maximum atomic E-state index is 11.9. The molecule has 0 aromatic carbocycles. The van der Waals surface area contributed by atoms with Crippen LogP contribution < -0.4 is 5.32 Å². The number of carbonyl (C=O) groups is 1. The Morgan fingerprint density at radius 1 is 1.38 bits per heavy atom. The van der Waals surface area contributed by atoms with Crippen molar-refractivity contribution in [3.05, 3.63) is 41.0 Å². The number of hydrogen-bond donors (Lipinski definition) is 1. The van der Waals surface area contributed by atoms with Crippen LogP contribution in [0.5, 0.6) is 0 Å². The van der Waals surface area contributed by atoms with Gasteiger partial charge in [0.1, 0.15) is 5.76 Å². The van der Waals surface area contributed by atoms with E-state index in [1.807, 2.05) is 23.6 Å². The summed E-state index contributed by atoms with van der Waals surface area (Å²) >= 11 is 4.61. The molecule has 7 nitrogen and oxygen atoms in total. The maximum Gasteiger partial charge on any atom is 0.230 e. The second-order valence-electron chi connectivity index (χ2n) is 4.80. The summed E-state index contributed by atoms with van der Waals surface area (Å²) in [6, 6.07) is 7.23. The van der Waals surface area contributed by atoms with Gasteiger partial charge in [-0.2, -0.15) is 0 Å². The fourth-order valence-electron chi connectivity index (χ4n) is 2.08. The van der Waals surface area contributed by atoms with Crippen molar-refractivity contribution < 1.29 is 13.6 Å². The molecule has 0 aliphatic heterocycles. The largest absolute Gasteiger partial charge is 0.467 e. The van der Waals surface area contributed by atoms with Crippen LogP contribution in [0, 0.1) is 0 Å². The van der Waals surface area contributed by atoms with Crippen LogP contribution in [0.2, 0.25) is 0 Å². The van der Waals surface area contributed by atoms with E-state index < -0.39 is 0 Å². The second-order valence-corrected chi connectivity index (χ2v) is 6.52. The van der Waals surface area contributed by atoms with Gasteiger partial charge in [-0.1, -0.05) is 11.8 Å². The Hall–Kier alpha value is -2.00. The fraction of sp³-hybridized carbons (Fsp3) is 0.267. The number of furan rings is 2. The molecule has 0 unspecified atom stereocenters. The lowest BCUT2D eigenvalue weighted by Gasteiger charge is -2.06. The number of nitrogens with zero attached hydrogens (tertiary/aromatic N) is 3.